The number of rotatable bonds is 3. The third kappa shape index (κ3) is 3.29. The maximum Gasteiger partial charge on any atom is 0.296 e. The summed E-state index contributed by atoms with van der Waals surface area (Å²) < 4.78 is 2.78. The molecule has 1 fully saturated rings. The average Bonchev–Trinajstić information content (AvgIpc) is 2.93. The van der Waals surface area contributed by atoms with Gasteiger partial charge in [0.05, 0.1) is 8.07 Å². The van der Waals surface area contributed by atoms with Crippen LogP contribution in [0.15, 0.2) is 28.6 Å². The summed E-state index contributed by atoms with van der Waals surface area (Å²) in [6, 6.07) is 11.7. The van der Waals surface area contributed by atoms with E-state index in [9.17, 15) is 0 Å². The molecular weight excluding hydrogens is 389 g/mol. The lowest BCUT2D eigenvalue weighted by atomic mass is 10.3. The number of H-pyrrole nitrogens is 1. The first-order chi connectivity index (χ1) is 8.25. The lowest BCUT2D eigenvalue weighted by molar-refractivity contribution is -0.385. The number of aromatic nitrogens is 1. The van der Waals surface area contributed by atoms with Gasteiger partial charge in [-0.3, -0.25) is 0 Å². The minimum atomic E-state index is -0.868. The van der Waals surface area contributed by atoms with Gasteiger partial charge in [0.15, 0.2) is 0 Å². The van der Waals surface area contributed by atoms with E-state index in [-0.39, 0.29) is 24.0 Å². The monoisotopic (exact) mass is 407 g/mol. The predicted molar refractivity (Wildman–Crippen MR) is 79.6 cm³/mol. The summed E-state index contributed by atoms with van der Waals surface area (Å²) in [5.74, 6) is 0. The number of thiazole rings is 1. The van der Waals surface area contributed by atoms with Crippen molar-refractivity contribution < 1.29 is 29.0 Å². The highest BCUT2D eigenvalue weighted by Gasteiger charge is 2.32. The Labute approximate surface area is 135 Å². The minimum absolute atomic E-state index is 0. The van der Waals surface area contributed by atoms with Gasteiger partial charge in [0.2, 0.25) is 5.52 Å². The van der Waals surface area contributed by atoms with Crippen molar-refractivity contribution in [1.29, 1.82) is 0 Å². The molecule has 0 atom stereocenters. The molecule has 0 spiro atoms. The number of hydrogen-bond donors (Lipinski definition) is 0. The van der Waals surface area contributed by atoms with Crippen molar-refractivity contribution in [3.05, 3.63) is 24.3 Å². The van der Waals surface area contributed by atoms with Crippen molar-refractivity contribution in [1.82, 2.24) is 0 Å². The zero-order chi connectivity index (χ0) is 11.7. The van der Waals surface area contributed by atoms with Gasteiger partial charge in [-0.15, -0.1) is 0 Å². The van der Waals surface area contributed by atoms with Gasteiger partial charge >= 0.3 is 0 Å². The van der Waals surface area contributed by atoms with E-state index in [1.165, 1.54) is 32.8 Å². The summed E-state index contributed by atoms with van der Waals surface area (Å²) in [4.78, 5) is 3.54. The molecule has 0 radical (unpaired) electrons. The van der Waals surface area contributed by atoms with E-state index in [0.717, 1.165) is 0 Å². The number of benzene rings is 1. The first kappa shape index (κ1) is 14.8. The number of nitrogens with one attached hydrogen (secondary N) is 1. The first-order valence-electron chi connectivity index (χ1n) is 6.29. The van der Waals surface area contributed by atoms with Gasteiger partial charge < -0.3 is 24.0 Å². The second-order valence-corrected chi connectivity index (χ2v) is 13.1. The molecule has 2 heterocycles. The fourth-order valence-electron chi connectivity index (χ4n) is 2.57. The lowest BCUT2D eigenvalue weighted by Crippen LogP contribution is -3.00. The Morgan fingerprint density at radius 2 is 2.00 bits per heavy atom. The molecule has 1 aromatic carbocycles. The largest absolute Gasteiger partial charge is 1.00 e. The van der Waals surface area contributed by atoms with E-state index >= 15 is 0 Å². The quantitative estimate of drug-likeness (QED) is 0.424. The molecule has 98 valence electrons. The number of halogens is 1. The summed E-state index contributed by atoms with van der Waals surface area (Å²) in [7, 11) is -0.868. The van der Waals surface area contributed by atoms with Gasteiger partial charge in [0, 0.05) is 6.07 Å². The zero-order valence-electron chi connectivity index (χ0n) is 10.5. The standard InChI is InChI=1S/C13H17NS2Si.HI/c1-17(8-4-5-9-17)10-15-13-14-11-6-2-3-7-12(11)16-13;/h2-3,6-7H,4-5,8-10H2,1H3;1H. The molecular formula is C13H18INS2Si. The molecule has 0 amide bonds. The van der Waals surface area contributed by atoms with E-state index in [1.807, 2.05) is 11.3 Å². The maximum atomic E-state index is 3.54. The zero-order valence-corrected chi connectivity index (χ0v) is 15.3. The van der Waals surface area contributed by atoms with Crippen molar-refractivity contribution in [2.24, 2.45) is 0 Å². The first-order valence-corrected chi connectivity index (χ1v) is 11.2. The molecule has 2 aromatic rings. The Kier molecular flexibility index (Phi) is 5.13. The fraction of sp³-hybridized carbons (Fsp3) is 0.462. The van der Waals surface area contributed by atoms with Crippen LogP contribution in [0.3, 0.4) is 0 Å². The number of fused-ring (bicyclic) bond motifs is 1. The summed E-state index contributed by atoms with van der Waals surface area (Å²) in [6.45, 7) is 2.58. The van der Waals surface area contributed by atoms with Crippen molar-refractivity contribution in [2.75, 3.05) is 5.38 Å². The van der Waals surface area contributed by atoms with E-state index in [4.69, 9.17) is 0 Å². The van der Waals surface area contributed by atoms with Crippen LogP contribution in [-0.4, -0.2) is 13.5 Å². The average molecular weight is 407 g/mol. The van der Waals surface area contributed by atoms with Crippen LogP contribution in [0.1, 0.15) is 12.8 Å². The molecule has 5 heteroatoms. The lowest BCUT2D eigenvalue weighted by Gasteiger charge is -2.18. The van der Waals surface area contributed by atoms with Gasteiger partial charge in [-0.1, -0.05) is 54.9 Å². The summed E-state index contributed by atoms with van der Waals surface area (Å²) in [6.07, 6.45) is 2.97. The molecule has 1 N–H and O–H groups in total. The summed E-state index contributed by atoms with van der Waals surface area (Å²) in [5.41, 5.74) is 1.29. The Morgan fingerprint density at radius 3 is 2.72 bits per heavy atom. The highest BCUT2D eigenvalue weighted by molar-refractivity contribution is 8.02. The summed E-state index contributed by atoms with van der Waals surface area (Å²) >= 11 is 3.98. The molecule has 0 unspecified atom stereocenters. The smallest absolute Gasteiger partial charge is 0.296 e. The molecule has 1 aliphatic rings. The topological polar surface area (TPSA) is 14.1 Å². The SMILES string of the molecule is C[Si]1(CSc2[nH+]c3ccccc3s2)CCCC1.[I-]. The van der Waals surface area contributed by atoms with E-state index in [1.54, 1.807) is 12.1 Å². The van der Waals surface area contributed by atoms with E-state index in [0.29, 0.717) is 0 Å². The Balaban J connectivity index is 0.00000120. The van der Waals surface area contributed by atoms with Crippen LogP contribution >= 0.6 is 23.1 Å². The van der Waals surface area contributed by atoms with Crippen molar-refractivity contribution >= 4 is 41.4 Å². The molecule has 1 aromatic heterocycles. The van der Waals surface area contributed by atoms with Crippen LogP contribution in [0.4, 0.5) is 0 Å². The highest BCUT2D eigenvalue weighted by Crippen LogP contribution is 2.35. The van der Waals surface area contributed by atoms with Gasteiger partial charge in [-0.25, -0.2) is 0 Å². The highest BCUT2D eigenvalue weighted by atomic mass is 127. The molecule has 1 saturated heterocycles. The summed E-state index contributed by atoms with van der Waals surface area (Å²) in [5, 5.41) is 1.40. The van der Waals surface area contributed by atoms with Crippen molar-refractivity contribution in [2.45, 2.75) is 35.8 Å². The third-order valence-corrected chi connectivity index (χ3v) is 12.0. The molecule has 1 nitrogen and oxygen atoms in total. The second-order valence-electron chi connectivity index (χ2n) is 5.32. The third-order valence-electron chi connectivity index (χ3n) is 3.69. The van der Waals surface area contributed by atoms with Crippen molar-refractivity contribution in [3.63, 3.8) is 0 Å². The normalized spacial score (nSPS) is 17.8. The molecule has 18 heavy (non-hydrogen) atoms. The molecule has 3 rings (SSSR count). The van der Waals surface area contributed by atoms with Crippen LogP contribution in [0.2, 0.25) is 18.6 Å². The maximum absolute atomic E-state index is 3.54. The molecule has 0 saturated carbocycles. The van der Waals surface area contributed by atoms with Gasteiger partial charge in [0.25, 0.3) is 4.34 Å². The number of hydrogen-bond acceptors (Lipinski definition) is 2. The van der Waals surface area contributed by atoms with Crippen molar-refractivity contribution in [3.8, 4) is 0 Å². The predicted octanol–water partition coefficient (Wildman–Crippen LogP) is 1.22. The van der Waals surface area contributed by atoms with Crippen LogP contribution in [0, 0.1) is 0 Å². The van der Waals surface area contributed by atoms with Gasteiger partial charge in [-0.2, -0.15) is 4.98 Å². The minimum Gasteiger partial charge on any atom is -1.00 e. The fourth-order valence-corrected chi connectivity index (χ4v) is 10.1. The number of thioether (sulfide) groups is 1. The van der Waals surface area contributed by atoms with Crippen LogP contribution in [0.25, 0.3) is 10.2 Å². The number of para-hydroxylation sites is 1. The van der Waals surface area contributed by atoms with Crippen LogP contribution in [0.5, 0.6) is 0 Å². The van der Waals surface area contributed by atoms with Crippen LogP contribution in [-0.2, 0) is 0 Å². The molecule has 0 aliphatic carbocycles. The number of aromatic amines is 1. The van der Waals surface area contributed by atoms with E-state index < -0.39 is 8.07 Å². The van der Waals surface area contributed by atoms with Gasteiger partial charge in [-0.05, 0) is 23.2 Å². The van der Waals surface area contributed by atoms with E-state index in [2.05, 4.69) is 47.6 Å². The van der Waals surface area contributed by atoms with Crippen LogP contribution < -0.4 is 29.0 Å². The Bertz CT molecular complexity index is 489. The Morgan fingerprint density at radius 1 is 1.28 bits per heavy atom. The van der Waals surface area contributed by atoms with Gasteiger partial charge in [0.1, 0.15) is 4.70 Å². The molecule has 0 bridgehead atoms. The second kappa shape index (κ2) is 6.24. The molecule has 1 aliphatic heterocycles. The Hall–Kier alpha value is 0.407.